The number of rotatable bonds is 7. The van der Waals surface area contributed by atoms with E-state index in [0.717, 1.165) is 34.0 Å². The van der Waals surface area contributed by atoms with Gasteiger partial charge in [-0.3, -0.25) is 14.2 Å². The molecule has 0 radical (unpaired) electrons. The van der Waals surface area contributed by atoms with Crippen LogP contribution < -0.4 is 14.2 Å². The van der Waals surface area contributed by atoms with Gasteiger partial charge in [-0.15, -0.1) is 0 Å². The Morgan fingerprint density at radius 3 is 2.93 bits per heavy atom. The van der Waals surface area contributed by atoms with Crippen molar-refractivity contribution in [3.8, 4) is 34.0 Å². The van der Waals surface area contributed by atoms with E-state index in [4.69, 9.17) is 19.1 Å². The fraction of sp³-hybridized carbons (Fsp3) is 0.263. The number of aryl methyl sites for hydroxylation is 2. The second kappa shape index (κ2) is 8.09. The smallest absolute Gasteiger partial charge is 0.231 e. The highest BCUT2D eigenvalue weighted by atomic mass is 32.2. The van der Waals surface area contributed by atoms with Crippen molar-refractivity contribution >= 4 is 11.3 Å². The van der Waals surface area contributed by atoms with Crippen LogP contribution in [-0.4, -0.2) is 36.9 Å². The van der Waals surface area contributed by atoms with Crippen LogP contribution in [0.5, 0.6) is 11.5 Å². The average Bonchev–Trinajstić information content (AvgIpc) is 3.31. The minimum Gasteiger partial charge on any atom is -0.454 e. The van der Waals surface area contributed by atoms with E-state index in [0.29, 0.717) is 25.3 Å². The first kappa shape index (κ1) is 18.6. The van der Waals surface area contributed by atoms with Gasteiger partial charge in [-0.2, -0.15) is 5.10 Å². The first-order valence-electron chi connectivity index (χ1n) is 8.86. The molecular formula is C19H20N4O4S. The molecule has 0 fully saturated rings. The van der Waals surface area contributed by atoms with Gasteiger partial charge in [0.1, 0.15) is 5.69 Å². The SMILES string of the molecule is Cc1cccc(-c2nn(CCCNS(=O)O)cc2-c2ccc3c(c2)OCO3)n1. The largest absolute Gasteiger partial charge is 0.454 e. The van der Waals surface area contributed by atoms with Crippen LogP contribution >= 0.6 is 0 Å². The maximum atomic E-state index is 10.7. The summed E-state index contributed by atoms with van der Waals surface area (Å²) in [6.45, 7) is 3.19. The molecule has 1 atom stereocenters. The molecule has 3 aromatic rings. The zero-order valence-electron chi connectivity index (χ0n) is 15.3. The molecule has 1 aliphatic heterocycles. The lowest BCUT2D eigenvalue weighted by Crippen LogP contribution is -2.18. The molecule has 8 nitrogen and oxygen atoms in total. The molecule has 0 spiro atoms. The molecule has 0 aliphatic carbocycles. The predicted molar refractivity (Wildman–Crippen MR) is 105 cm³/mol. The van der Waals surface area contributed by atoms with Crippen molar-refractivity contribution < 1.29 is 18.2 Å². The van der Waals surface area contributed by atoms with Crippen molar-refractivity contribution in [3.63, 3.8) is 0 Å². The van der Waals surface area contributed by atoms with Crippen molar-refractivity contribution in [2.75, 3.05) is 13.3 Å². The van der Waals surface area contributed by atoms with Crippen LogP contribution in [-0.2, 0) is 17.8 Å². The van der Waals surface area contributed by atoms with E-state index in [1.165, 1.54) is 0 Å². The first-order valence-corrected chi connectivity index (χ1v) is 9.97. The van der Waals surface area contributed by atoms with E-state index in [2.05, 4.69) is 9.71 Å². The summed E-state index contributed by atoms with van der Waals surface area (Å²) in [4.78, 5) is 4.62. The summed E-state index contributed by atoms with van der Waals surface area (Å²) in [5.41, 5.74) is 4.39. The molecule has 9 heteroatoms. The van der Waals surface area contributed by atoms with Gasteiger partial charge in [-0.05, 0) is 43.2 Å². The molecule has 1 aliphatic rings. The molecule has 4 rings (SSSR count). The van der Waals surface area contributed by atoms with Crippen molar-refractivity contribution in [2.24, 2.45) is 0 Å². The van der Waals surface area contributed by atoms with Crippen molar-refractivity contribution in [1.29, 1.82) is 0 Å². The fourth-order valence-electron chi connectivity index (χ4n) is 3.08. The van der Waals surface area contributed by atoms with E-state index in [9.17, 15) is 4.21 Å². The van der Waals surface area contributed by atoms with E-state index in [1.54, 1.807) is 0 Å². The highest BCUT2D eigenvalue weighted by Crippen LogP contribution is 2.38. The lowest BCUT2D eigenvalue weighted by molar-refractivity contribution is 0.174. The standard InChI is InChI=1S/C19H20N4O4S/c1-13-4-2-5-16(21-13)19-15(11-23(22-19)9-3-8-20-28(24)25)14-6-7-17-18(10-14)27-12-26-17/h2,4-7,10-11,20H,3,8-9,12H2,1H3,(H,24,25). The van der Waals surface area contributed by atoms with Crippen LogP contribution in [0.4, 0.5) is 0 Å². The quantitative estimate of drug-likeness (QED) is 0.467. The highest BCUT2D eigenvalue weighted by molar-refractivity contribution is 7.77. The van der Waals surface area contributed by atoms with Gasteiger partial charge < -0.3 is 9.47 Å². The van der Waals surface area contributed by atoms with Gasteiger partial charge in [0.25, 0.3) is 0 Å². The Morgan fingerprint density at radius 1 is 1.25 bits per heavy atom. The molecule has 28 heavy (non-hydrogen) atoms. The zero-order chi connectivity index (χ0) is 19.5. The van der Waals surface area contributed by atoms with E-state index in [-0.39, 0.29) is 6.79 Å². The number of nitrogens with zero attached hydrogens (tertiary/aromatic N) is 3. The molecule has 3 heterocycles. The summed E-state index contributed by atoms with van der Waals surface area (Å²) >= 11 is -2.00. The summed E-state index contributed by atoms with van der Waals surface area (Å²) in [6, 6.07) is 11.7. The topological polar surface area (TPSA) is 98.5 Å². The van der Waals surface area contributed by atoms with Crippen molar-refractivity contribution in [3.05, 3.63) is 48.3 Å². The molecule has 0 saturated carbocycles. The summed E-state index contributed by atoms with van der Waals surface area (Å²) in [7, 11) is 0. The third kappa shape index (κ3) is 4.06. The molecule has 146 valence electrons. The Kier molecular flexibility index (Phi) is 5.38. The molecule has 0 amide bonds. The molecule has 0 saturated heterocycles. The monoisotopic (exact) mass is 400 g/mol. The van der Waals surface area contributed by atoms with Crippen LogP contribution in [0, 0.1) is 6.92 Å². The lowest BCUT2D eigenvalue weighted by atomic mass is 10.0. The van der Waals surface area contributed by atoms with Crippen LogP contribution in [0.3, 0.4) is 0 Å². The lowest BCUT2D eigenvalue weighted by Gasteiger charge is -2.04. The Morgan fingerprint density at radius 2 is 2.11 bits per heavy atom. The molecule has 0 bridgehead atoms. The van der Waals surface area contributed by atoms with Gasteiger partial charge in [-0.1, -0.05) is 12.1 Å². The third-order valence-electron chi connectivity index (χ3n) is 4.37. The van der Waals surface area contributed by atoms with Gasteiger partial charge in [0.05, 0.1) is 5.69 Å². The summed E-state index contributed by atoms with van der Waals surface area (Å²) in [5, 5.41) is 4.72. The van der Waals surface area contributed by atoms with E-state index in [1.807, 2.05) is 54.2 Å². The summed E-state index contributed by atoms with van der Waals surface area (Å²) in [5.74, 6) is 1.44. The number of ether oxygens (including phenoxy) is 2. The minimum absolute atomic E-state index is 0.226. The van der Waals surface area contributed by atoms with Gasteiger partial charge in [0.2, 0.25) is 18.1 Å². The third-order valence-corrected chi connectivity index (χ3v) is 4.82. The van der Waals surface area contributed by atoms with Crippen LogP contribution in [0.25, 0.3) is 22.5 Å². The Bertz CT molecular complexity index is 1020. The second-order valence-corrected chi connectivity index (χ2v) is 7.17. The van der Waals surface area contributed by atoms with Gasteiger partial charge in [0, 0.05) is 30.5 Å². The average molecular weight is 400 g/mol. The minimum atomic E-state index is -2.00. The van der Waals surface area contributed by atoms with Crippen molar-refractivity contribution in [1.82, 2.24) is 19.5 Å². The normalized spacial score (nSPS) is 13.6. The summed E-state index contributed by atoms with van der Waals surface area (Å²) < 4.78 is 34.7. The highest BCUT2D eigenvalue weighted by Gasteiger charge is 2.19. The Balaban J connectivity index is 1.68. The van der Waals surface area contributed by atoms with Gasteiger partial charge >= 0.3 is 0 Å². The molecule has 2 N–H and O–H groups in total. The summed E-state index contributed by atoms with van der Waals surface area (Å²) in [6.07, 6.45) is 2.63. The zero-order valence-corrected chi connectivity index (χ0v) is 16.1. The van der Waals surface area contributed by atoms with Crippen molar-refractivity contribution in [2.45, 2.75) is 19.9 Å². The molecule has 1 unspecified atom stereocenters. The van der Waals surface area contributed by atoms with Gasteiger partial charge in [0.15, 0.2) is 11.5 Å². The fourth-order valence-corrected chi connectivity index (χ4v) is 3.39. The number of fused-ring (bicyclic) bond motifs is 1. The molecule has 2 aromatic heterocycles. The Labute approximate surface area is 164 Å². The Hall–Kier alpha value is -2.75. The maximum Gasteiger partial charge on any atom is 0.231 e. The number of hydrogen-bond donors (Lipinski definition) is 2. The van der Waals surface area contributed by atoms with Crippen LogP contribution in [0.15, 0.2) is 42.6 Å². The number of pyridine rings is 1. The van der Waals surface area contributed by atoms with Crippen LogP contribution in [0.1, 0.15) is 12.1 Å². The number of aromatic nitrogens is 3. The number of nitrogens with one attached hydrogen (secondary N) is 1. The molecule has 1 aromatic carbocycles. The number of benzene rings is 1. The maximum absolute atomic E-state index is 10.7. The predicted octanol–water partition coefficient (Wildman–Crippen LogP) is 2.77. The molecular weight excluding hydrogens is 380 g/mol. The van der Waals surface area contributed by atoms with Crippen LogP contribution in [0.2, 0.25) is 0 Å². The van der Waals surface area contributed by atoms with Gasteiger partial charge in [-0.25, -0.2) is 8.93 Å². The second-order valence-electron chi connectivity index (χ2n) is 6.38. The van der Waals surface area contributed by atoms with E-state index >= 15 is 0 Å². The first-order chi connectivity index (χ1) is 13.6. The van der Waals surface area contributed by atoms with E-state index < -0.39 is 11.3 Å². The number of hydrogen-bond acceptors (Lipinski definition) is 5.